The van der Waals surface area contributed by atoms with Crippen molar-refractivity contribution in [2.45, 2.75) is 6.42 Å². The summed E-state index contributed by atoms with van der Waals surface area (Å²) in [6.45, 7) is 0.360. The summed E-state index contributed by atoms with van der Waals surface area (Å²) in [5, 5.41) is 2.70. The van der Waals surface area contributed by atoms with Gasteiger partial charge in [0.25, 0.3) is 0 Å². The topological polar surface area (TPSA) is 46.5 Å². The summed E-state index contributed by atoms with van der Waals surface area (Å²) < 4.78 is 0. The molecule has 0 amide bonds. The first-order valence-corrected chi connectivity index (χ1v) is 5.37. The van der Waals surface area contributed by atoms with Gasteiger partial charge in [-0.15, -0.1) is 0 Å². The molecular formula is C5H9NO2S2. The van der Waals surface area contributed by atoms with Crippen LogP contribution in [0.4, 0.5) is 0 Å². The maximum atomic E-state index is 9.80. The number of carbonyl (C=O) groups is 1. The van der Waals surface area contributed by atoms with Gasteiger partial charge in [0.05, 0.1) is 6.54 Å². The van der Waals surface area contributed by atoms with Crippen LogP contribution in [0.5, 0.6) is 0 Å². The number of rotatable bonds is 7. The van der Waals surface area contributed by atoms with E-state index in [4.69, 9.17) is 0 Å². The molecule has 0 atom stereocenters. The first kappa shape index (κ1) is 9.97. The smallest absolute Gasteiger partial charge is 0.120 e. The molecule has 0 aromatic rings. The summed E-state index contributed by atoms with van der Waals surface area (Å²) in [6, 6.07) is 0. The lowest BCUT2D eigenvalue weighted by Crippen LogP contribution is -1.81. The molecule has 0 aromatic heterocycles. The largest absolute Gasteiger partial charge is 0.303 e. The van der Waals surface area contributed by atoms with Crippen molar-refractivity contribution in [1.29, 1.82) is 0 Å². The molecule has 0 aliphatic heterocycles. The zero-order valence-corrected chi connectivity index (χ0v) is 7.12. The number of nitroso groups, excluding NO2 is 1. The predicted molar refractivity (Wildman–Crippen MR) is 46.3 cm³/mol. The van der Waals surface area contributed by atoms with Crippen molar-refractivity contribution < 1.29 is 4.79 Å². The van der Waals surface area contributed by atoms with Gasteiger partial charge in [0.1, 0.15) is 6.29 Å². The van der Waals surface area contributed by atoms with E-state index in [1.165, 1.54) is 0 Å². The quantitative estimate of drug-likeness (QED) is 0.258. The predicted octanol–water partition coefficient (Wildman–Crippen LogP) is 1.72. The van der Waals surface area contributed by atoms with Crippen molar-refractivity contribution in [2.24, 2.45) is 5.18 Å². The Morgan fingerprint density at radius 2 is 2.00 bits per heavy atom. The third kappa shape index (κ3) is 7.97. The van der Waals surface area contributed by atoms with E-state index in [1.54, 1.807) is 21.6 Å². The summed E-state index contributed by atoms with van der Waals surface area (Å²) >= 11 is 0. The fourth-order valence-electron chi connectivity index (χ4n) is 0.289. The van der Waals surface area contributed by atoms with Crippen LogP contribution in [-0.4, -0.2) is 24.3 Å². The standard InChI is InChI=1S/C5H9NO2S2/c7-3-1-4-9-10-5-2-6-8/h3H,1-2,4-5H2. The molecule has 0 bridgehead atoms. The summed E-state index contributed by atoms with van der Waals surface area (Å²) in [5.74, 6) is 1.57. The van der Waals surface area contributed by atoms with Crippen molar-refractivity contribution in [3.63, 3.8) is 0 Å². The molecule has 0 aliphatic carbocycles. The fourth-order valence-corrected chi connectivity index (χ4v) is 2.09. The highest BCUT2D eigenvalue weighted by Crippen LogP contribution is 2.20. The Kier molecular flexibility index (Phi) is 8.94. The van der Waals surface area contributed by atoms with Crippen molar-refractivity contribution in [1.82, 2.24) is 0 Å². The molecule has 0 saturated carbocycles. The summed E-state index contributed by atoms with van der Waals surface area (Å²) in [5.41, 5.74) is 0. The fraction of sp³-hybridized carbons (Fsp3) is 0.800. The zero-order chi connectivity index (χ0) is 7.66. The minimum atomic E-state index is 0.360. The van der Waals surface area contributed by atoms with Crippen LogP contribution in [0.25, 0.3) is 0 Å². The van der Waals surface area contributed by atoms with E-state index in [0.29, 0.717) is 13.0 Å². The van der Waals surface area contributed by atoms with Crippen LogP contribution in [-0.2, 0) is 4.79 Å². The van der Waals surface area contributed by atoms with E-state index in [-0.39, 0.29) is 0 Å². The van der Waals surface area contributed by atoms with Crippen molar-refractivity contribution in [2.75, 3.05) is 18.1 Å². The van der Waals surface area contributed by atoms with Crippen LogP contribution < -0.4 is 0 Å². The molecule has 0 heterocycles. The summed E-state index contributed by atoms with van der Waals surface area (Å²) in [7, 11) is 3.19. The molecule has 0 rings (SSSR count). The zero-order valence-electron chi connectivity index (χ0n) is 5.49. The van der Waals surface area contributed by atoms with Crippen LogP contribution >= 0.6 is 21.6 Å². The first-order chi connectivity index (χ1) is 4.91. The molecule has 0 saturated heterocycles. The lowest BCUT2D eigenvalue weighted by Gasteiger charge is -1.92. The van der Waals surface area contributed by atoms with Crippen molar-refractivity contribution >= 4 is 27.9 Å². The molecule has 5 heteroatoms. The number of aldehydes is 1. The Labute approximate surface area is 67.7 Å². The van der Waals surface area contributed by atoms with Crippen molar-refractivity contribution in [3.05, 3.63) is 4.91 Å². The van der Waals surface area contributed by atoms with Crippen LogP contribution in [0.3, 0.4) is 0 Å². The molecule has 3 nitrogen and oxygen atoms in total. The SMILES string of the molecule is O=CCCSSCCN=O. The maximum absolute atomic E-state index is 9.80. The summed E-state index contributed by atoms with van der Waals surface area (Å²) in [4.78, 5) is 19.4. The van der Waals surface area contributed by atoms with Crippen LogP contribution in [0.1, 0.15) is 6.42 Å². The van der Waals surface area contributed by atoms with Crippen LogP contribution in [0.2, 0.25) is 0 Å². The van der Waals surface area contributed by atoms with Gasteiger partial charge in [-0.1, -0.05) is 26.8 Å². The Balaban J connectivity index is 2.76. The average molecular weight is 179 g/mol. The monoisotopic (exact) mass is 179 g/mol. The van der Waals surface area contributed by atoms with Gasteiger partial charge in [-0.2, -0.15) is 4.91 Å². The highest BCUT2D eigenvalue weighted by molar-refractivity contribution is 8.76. The molecule has 0 radical (unpaired) electrons. The minimum absolute atomic E-state index is 0.360. The highest BCUT2D eigenvalue weighted by Gasteiger charge is 1.88. The second kappa shape index (κ2) is 8.97. The Bertz CT molecular complexity index is 87.6. The lowest BCUT2D eigenvalue weighted by atomic mass is 10.6. The second-order valence-corrected chi connectivity index (χ2v) is 4.15. The molecule has 0 N–H and O–H groups in total. The number of hydrogen-bond acceptors (Lipinski definition) is 5. The van der Waals surface area contributed by atoms with Crippen LogP contribution in [0, 0.1) is 4.91 Å². The normalized spacial score (nSPS) is 9.20. The highest BCUT2D eigenvalue weighted by atomic mass is 33.1. The van der Waals surface area contributed by atoms with E-state index in [1.807, 2.05) is 0 Å². The molecule has 10 heavy (non-hydrogen) atoms. The van der Waals surface area contributed by atoms with Gasteiger partial charge >= 0.3 is 0 Å². The minimum Gasteiger partial charge on any atom is -0.303 e. The Hall–Kier alpha value is -0.0300. The average Bonchev–Trinajstić information content (AvgIpc) is 1.97. The van der Waals surface area contributed by atoms with E-state index in [0.717, 1.165) is 17.8 Å². The molecule has 0 aliphatic rings. The van der Waals surface area contributed by atoms with Gasteiger partial charge in [-0.05, 0) is 0 Å². The van der Waals surface area contributed by atoms with Gasteiger partial charge in [-0.3, -0.25) is 0 Å². The maximum Gasteiger partial charge on any atom is 0.120 e. The summed E-state index contributed by atoms with van der Waals surface area (Å²) in [6.07, 6.45) is 1.48. The number of carbonyl (C=O) groups excluding carboxylic acids is 1. The third-order valence-corrected chi connectivity index (χ3v) is 3.09. The number of hydrogen-bond donors (Lipinski definition) is 0. The Morgan fingerprint density at radius 3 is 2.60 bits per heavy atom. The third-order valence-electron chi connectivity index (χ3n) is 0.668. The lowest BCUT2D eigenvalue weighted by molar-refractivity contribution is -0.107. The molecule has 0 spiro atoms. The van der Waals surface area contributed by atoms with Crippen molar-refractivity contribution in [3.8, 4) is 0 Å². The van der Waals surface area contributed by atoms with E-state index >= 15 is 0 Å². The van der Waals surface area contributed by atoms with Gasteiger partial charge in [-0.25, -0.2) is 0 Å². The van der Waals surface area contributed by atoms with Gasteiger partial charge in [0.2, 0.25) is 0 Å². The Morgan fingerprint density at radius 1 is 1.30 bits per heavy atom. The molecule has 0 unspecified atom stereocenters. The molecular weight excluding hydrogens is 170 g/mol. The van der Waals surface area contributed by atoms with E-state index in [9.17, 15) is 9.70 Å². The van der Waals surface area contributed by atoms with E-state index < -0.39 is 0 Å². The van der Waals surface area contributed by atoms with Gasteiger partial charge in [0.15, 0.2) is 0 Å². The van der Waals surface area contributed by atoms with E-state index in [2.05, 4.69) is 5.18 Å². The first-order valence-electron chi connectivity index (χ1n) is 2.89. The second-order valence-electron chi connectivity index (χ2n) is 1.45. The van der Waals surface area contributed by atoms with Crippen LogP contribution in [0.15, 0.2) is 5.18 Å². The number of nitrogens with zero attached hydrogens (tertiary/aromatic N) is 1. The molecule has 0 aromatic carbocycles. The van der Waals surface area contributed by atoms with Gasteiger partial charge < -0.3 is 4.79 Å². The van der Waals surface area contributed by atoms with Gasteiger partial charge in [0, 0.05) is 17.9 Å². The molecule has 58 valence electrons. The molecule has 0 fully saturated rings.